The van der Waals surface area contributed by atoms with E-state index in [-0.39, 0.29) is 5.12 Å². The van der Waals surface area contributed by atoms with Crippen LogP contribution in [-0.2, 0) is 4.79 Å². The standard InChI is InChI=1S/C5H10O2S/c1-3-8-5(7)4(2)6/h4,6H,3H2,1-2H3. The summed E-state index contributed by atoms with van der Waals surface area (Å²) in [7, 11) is 0. The fourth-order valence-electron chi connectivity index (χ4n) is 0.263. The fourth-order valence-corrected chi connectivity index (χ4v) is 0.789. The molecule has 0 amide bonds. The molecule has 0 heterocycles. The first-order valence-electron chi connectivity index (χ1n) is 2.53. The topological polar surface area (TPSA) is 37.3 Å². The van der Waals surface area contributed by atoms with Crippen LogP contribution < -0.4 is 0 Å². The van der Waals surface area contributed by atoms with Crippen molar-refractivity contribution in [2.24, 2.45) is 0 Å². The smallest absolute Gasteiger partial charge is 0.217 e. The van der Waals surface area contributed by atoms with Crippen molar-refractivity contribution in [3.63, 3.8) is 0 Å². The zero-order chi connectivity index (χ0) is 6.57. The predicted octanol–water partition coefficient (Wildman–Crippen LogP) is 0.647. The summed E-state index contributed by atoms with van der Waals surface area (Å²) in [6.45, 7) is 3.36. The van der Waals surface area contributed by atoms with Crippen LogP contribution in [0.3, 0.4) is 0 Å². The first-order chi connectivity index (χ1) is 3.68. The van der Waals surface area contributed by atoms with E-state index in [1.54, 1.807) is 0 Å². The van der Waals surface area contributed by atoms with E-state index in [1.807, 2.05) is 6.92 Å². The molecule has 3 heteroatoms. The lowest BCUT2D eigenvalue weighted by atomic mass is 10.5. The Balaban J connectivity index is 3.33. The molecule has 0 aliphatic rings. The van der Waals surface area contributed by atoms with Crippen LogP contribution in [0.5, 0.6) is 0 Å². The van der Waals surface area contributed by atoms with Crippen LogP contribution >= 0.6 is 11.8 Å². The average Bonchev–Trinajstić information content (AvgIpc) is 1.67. The summed E-state index contributed by atoms with van der Waals surface area (Å²) in [5, 5.41) is 8.44. The van der Waals surface area contributed by atoms with Crippen molar-refractivity contribution < 1.29 is 9.90 Å². The fraction of sp³-hybridized carbons (Fsp3) is 0.800. The number of aliphatic hydroxyl groups is 1. The van der Waals surface area contributed by atoms with Crippen molar-refractivity contribution in [3.05, 3.63) is 0 Å². The minimum atomic E-state index is -0.806. The lowest BCUT2D eigenvalue weighted by Crippen LogP contribution is -2.11. The van der Waals surface area contributed by atoms with E-state index in [4.69, 9.17) is 5.11 Å². The summed E-state index contributed by atoms with van der Waals surface area (Å²) in [6, 6.07) is 0. The van der Waals surface area contributed by atoms with Gasteiger partial charge in [-0.3, -0.25) is 4.79 Å². The molecule has 0 radical (unpaired) electrons. The molecule has 1 unspecified atom stereocenters. The third kappa shape index (κ3) is 3.04. The maximum atomic E-state index is 10.5. The summed E-state index contributed by atoms with van der Waals surface area (Å²) in [5.74, 6) is 0.740. The molecule has 0 spiro atoms. The lowest BCUT2D eigenvalue weighted by molar-refractivity contribution is -0.117. The van der Waals surface area contributed by atoms with Crippen molar-refractivity contribution in [1.29, 1.82) is 0 Å². The zero-order valence-electron chi connectivity index (χ0n) is 5.05. The molecule has 0 aromatic rings. The maximum Gasteiger partial charge on any atom is 0.217 e. The van der Waals surface area contributed by atoms with Crippen LogP contribution in [-0.4, -0.2) is 22.1 Å². The molecule has 1 N–H and O–H groups in total. The van der Waals surface area contributed by atoms with Crippen molar-refractivity contribution in [3.8, 4) is 0 Å². The summed E-state index contributed by atoms with van der Waals surface area (Å²) in [6.07, 6.45) is -0.806. The number of hydrogen-bond donors (Lipinski definition) is 1. The Hall–Kier alpha value is -0.0200. The van der Waals surface area contributed by atoms with Gasteiger partial charge in [0.15, 0.2) is 0 Å². The minimum Gasteiger partial charge on any atom is -0.385 e. The monoisotopic (exact) mass is 134 g/mol. The molecular weight excluding hydrogens is 124 g/mol. The lowest BCUT2D eigenvalue weighted by Gasteiger charge is -1.97. The first kappa shape index (κ1) is 7.98. The second-order valence-corrected chi connectivity index (χ2v) is 2.70. The van der Waals surface area contributed by atoms with Gasteiger partial charge in [-0.25, -0.2) is 0 Å². The molecule has 8 heavy (non-hydrogen) atoms. The van der Waals surface area contributed by atoms with Crippen molar-refractivity contribution in [2.45, 2.75) is 20.0 Å². The van der Waals surface area contributed by atoms with Crippen LogP contribution in [0, 0.1) is 0 Å². The van der Waals surface area contributed by atoms with E-state index in [0.717, 1.165) is 17.5 Å². The zero-order valence-corrected chi connectivity index (χ0v) is 5.86. The third-order valence-electron chi connectivity index (χ3n) is 0.628. The summed E-state index contributed by atoms with van der Waals surface area (Å²) >= 11 is 1.15. The molecule has 0 rings (SSSR count). The van der Waals surface area contributed by atoms with E-state index in [2.05, 4.69) is 0 Å². The summed E-state index contributed by atoms with van der Waals surface area (Å²) in [5.41, 5.74) is 0. The molecule has 0 saturated heterocycles. The number of rotatable bonds is 2. The van der Waals surface area contributed by atoms with E-state index < -0.39 is 6.10 Å². The van der Waals surface area contributed by atoms with Gasteiger partial charge in [0.2, 0.25) is 5.12 Å². The molecule has 0 aliphatic carbocycles. The quantitative estimate of drug-likeness (QED) is 0.602. The molecule has 0 bridgehead atoms. The SMILES string of the molecule is CCSC(=O)C(C)O. The van der Waals surface area contributed by atoms with Gasteiger partial charge in [0.1, 0.15) is 6.10 Å². The van der Waals surface area contributed by atoms with Gasteiger partial charge in [-0.2, -0.15) is 0 Å². The Kier molecular flexibility index (Phi) is 3.91. The predicted molar refractivity (Wildman–Crippen MR) is 34.8 cm³/mol. The van der Waals surface area contributed by atoms with Gasteiger partial charge in [0, 0.05) is 0 Å². The Labute approximate surface area is 53.3 Å². The summed E-state index contributed by atoms with van der Waals surface area (Å²) < 4.78 is 0. The second-order valence-electron chi connectivity index (χ2n) is 1.43. The summed E-state index contributed by atoms with van der Waals surface area (Å²) in [4.78, 5) is 10.5. The molecule has 1 atom stereocenters. The maximum absolute atomic E-state index is 10.5. The Morgan fingerprint density at radius 3 is 2.50 bits per heavy atom. The number of thioether (sulfide) groups is 1. The largest absolute Gasteiger partial charge is 0.385 e. The molecule has 2 nitrogen and oxygen atoms in total. The van der Waals surface area contributed by atoms with Crippen LogP contribution in [0.2, 0.25) is 0 Å². The van der Waals surface area contributed by atoms with Gasteiger partial charge in [-0.15, -0.1) is 0 Å². The third-order valence-corrected chi connectivity index (χ3v) is 1.54. The molecule has 48 valence electrons. The van der Waals surface area contributed by atoms with Crippen molar-refractivity contribution in [1.82, 2.24) is 0 Å². The van der Waals surface area contributed by atoms with Gasteiger partial charge in [-0.1, -0.05) is 18.7 Å². The van der Waals surface area contributed by atoms with E-state index in [1.165, 1.54) is 6.92 Å². The van der Waals surface area contributed by atoms with Gasteiger partial charge < -0.3 is 5.11 Å². The van der Waals surface area contributed by atoms with Crippen LogP contribution in [0.25, 0.3) is 0 Å². The normalized spacial score (nSPS) is 13.4. The highest BCUT2D eigenvalue weighted by Crippen LogP contribution is 2.03. The molecule has 0 fully saturated rings. The van der Waals surface area contributed by atoms with Crippen molar-refractivity contribution >= 4 is 16.9 Å². The highest BCUT2D eigenvalue weighted by atomic mass is 32.2. The van der Waals surface area contributed by atoms with Gasteiger partial charge in [0.25, 0.3) is 0 Å². The highest BCUT2D eigenvalue weighted by Gasteiger charge is 2.06. The number of hydrogen-bond acceptors (Lipinski definition) is 3. The molecule has 0 aromatic carbocycles. The van der Waals surface area contributed by atoms with E-state index in [9.17, 15) is 4.79 Å². The number of aliphatic hydroxyl groups excluding tert-OH is 1. The van der Waals surface area contributed by atoms with Crippen molar-refractivity contribution in [2.75, 3.05) is 5.75 Å². The molecule has 0 aliphatic heterocycles. The average molecular weight is 134 g/mol. The highest BCUT2D eigenvalue weighted by molar-refractivity contribution is 8.13. The van der Waals surface area contributed by atoms with E-state index >= 15 is 0 Å². The molecule has 0 aromatic heterocycles. The minimum absolute atomic E-state index is 0.146. The van der Waals surface area contributed by atoms with Crippen LogP contribution in [0.4, 0.5) is 0 Å². The Bertz CT molecular complexity index is 80.5. The van der Waals surface area contributed by atoms with Gasteiger partial charge in [0.05, 0.1) is 0 Å². The van der Waals surface area contributed by atoms with Gasteiger partial charge in [-0.05, 0) is 12.7 Å². The van der Waals surface area contributed by atoms with Gasteiger partial charge >= 0.3 is 0 Å². The number of carbonyl (C=O) groups is 1. The second kappa shape index (κ2) is 3.92. The molecule has 0 saturated carbocycles. The first-order valence-corrected chi connectivity index (χ1v) is 3.51. The van der Waals surface area contributed by atoms with Crippen LogP contribution in [0.15, 0.2) is 0 Å². The molecular formula is C5H10O2S. The van der Waals surface area contributed by atoms with E-state index in [0.29, 0.717) is 0 Å². The Morgan fingerprint density at radius 2 is 2.38 bits per heavy atom. The van der Waals surface area contributed by atoms with Crippen LogP contribution in [0.1, 0.15) is 13.8 Å². The Morgan fingerprint density at radius 1 is 1.88 bits per heavy atom. The number of carbonyl (C=O) groups excluding carboxylic acids is 1.